The van der Waals surface area contributed by atoms with Gasteiger partial charge in [-0.05, 0) is 26.1 Å². The Labute approximate surface area is 184 Å². The number of carbonyl (C=O) groups excluding carboxylic acids is 1. The second-order valence-electron chi connectivity index (χ2n) is 7.99. The Bertz CT molecular complexity index is 1040. The first kappa shape index (κ1) is 21.6. The Kier molecular flexibility index (Phi) is 6.20. The van der Waals surface area contributed by atoms with Crippen LogP contribution in [0.4, 0.5) is 14.5 Å². The third kappa shape index (κ3) is 5.02. The van der Waals surface area contributed by atoms with Gasteiger partial charge in [-0.3, -0.25) is 9.79 Å². The summed E-state index contributed by atoms with van der Waals surface area (Å²) in [6.07, 6.45) is 1.67. The number of amides is 1. The van der Waals surface area contributed by atoms with Gasteiger partial charge in [-0.25, -0.2) is 13.8 Å². The quantitative estimate of drug-likeness (QED) is 0.770. The van der Waals surface area contributed by atoms with Crippen molar-refractivity contribution in [3.8, 4) is 0 Å². The first-order chi connectivity index (χ1) is 14.8. The molecule has 2 aromatic rings. The number of rotatable bonds is 4. The van der Waals surface area contributed by atoms with Crippen LogP contribution in [0.2, 0.25) is 0 Å². The molecule has 2 aliphatic heterocycles. The molecule has 0 bridgehead atoms. The molecule has 0 atom stereocenters. The molecule has 1 amide bonds. The number of aliphatic imine (C=N–C) groups is 2. The fourth-order valence-corrected chi connectivity index (χ4v) is 4.50. The molecule has 162 valence electrons. The van der Waals surface area contributed by atoms with Crippen LogP contribution in [0.15, 0.2) is 52.4 Å². The van der Waals surface area contributed by atoms with Crippen molar-refractivity contribution in [3.05, 3.63) is 65.2 Å². The van der Waals surface area contributed by atoms with Gasteiger partial charge in [0.2, 0.25) is 5.91 Å². The smallest absolute Gasteiger partial charge is 0.234 e. The number of likely N-dealkylation sites (tertiary alicyclic amines) is 1. The number of hydrogen-bond acceptors (Lipinski definition) is 5. The van der Waals surface area contributed by atoms with Gasteiger partial charge in [0.25, 0.3) is 0 Å². The van der Waals surface area contributed by atoms with Crippen molar-refractivity contribution in [1.29, 1.82) is 0 Å². The molecule has 1 spiro atoms. The maximum absolute atomic E-state index is 13.4. The molecule has 2 aromatic carbocycles. The number of aryl methyl sites for hydroxylation is 1. The van der Waals surface area contributed by atoms with Crippen molar-refractivity contribution >= 4 is 34.1 Å². The summed E-state index contributed by atoms with van der Waals surface area (Å²) in [6, 6.07) is 11.4. The van der Waals surface area contributed by atoms with E-state index in [0.29, 0.717) is 0 Å². The molecule has 2 aliphatic rings. The number of thioether (sulfide) groups is 1. The average molecular weight is 443 g/mol. The van der Waals surface area contributed by atoms with Crippen LogP contribution < -0.4 is 5.32 Å². The molecule has 5 nitrogen and oxygen atoms in total. The van der Waals surface area contributed by atoms with E-state index in [1.807, 2.05) is 31.2 Å². The van der Waals surface area contributed by atoms with Crippen LogP contribution in [0.25, 0.3) is 0 Å². The number of nitrogens with zero attached hydrogens (tertiary/aromatic N) is 3. The largest absolute Gasteiger partial charge is 0.325 e. The summed E-state index contributed by atoms with van der Waals surface area (Å²) < 4.78 is 26.5. The van der Waals surface area contributed by atoms with Crippen LogP contribution >= 0.6 is 11.8 Å². The zero-order valence-electron chi connectivity index (χ0n) is 17.5. The summed E-state index contributed by atoms with van der Waals surface area (Å²) in [5.41, 5.74) is 2.71. The number of carbonyl (C=O) groups is 1. The minimum absolute atomic E-state index is 0.0959. The predicted molar refractivity (Wildman–Crippen MR) is 122 cm³/mol. The van der Waals surface area contributed by atoms with E-state index in [2.05, 4.69) is 17.3 Å². The first-order valence-corrected chi connectivity index (χ1v) is 11.2. The second-order valence-corrected chi connectivity index (χ2v) is 8.96. The molecule has 8 heteroatoms. The second kappa shape index (κ2) is 8.88. The zero-order chi connectivity index (χ0) is 22.0. The summed E-state index contributed by atoms with van der Waals surface area (Å²) in [4.78, 5) is 24.7. The molecule has 0 radical (unpaired) electrons. The van der Waals surface area contributed by atoms with Gasteiger partial charge < -0.3 is 10.2 Å². The topological polar surface area (TPSA) is 57.1 Å². The van der Waals surface area contributed by atoms with Gasteiger partial charge >= 0.3 is 0 Å². The van der Waals surface area contributed by atoms with Crippen molar-refractivity contribution in [2.45, 2.75) is 25.4 Å². The number of hydrogen-bond donors (Lipinski definition) is 1. The standard InChI is InChI=1S/C23H24F2N4OS/c1-15-3-5-16(6-4-15)21-22(28-23(27-21)9-11-29(2)12-10-23)31-14-20(30)26-17-7-8-18(24)19(25)13-17/h3-8,13H,9-12,14H2,1-2H3,(H,26,30). The van der Waals surface area contributed by atoms with Crippen LogP contribution in [0.1, 0.15) is 24.0 Å². The van der Waals surface area contributed by atoms with Crippen LogP contribution in [0.5, 0.6) is 0 Å². The summed E-state index contributed by atoms with van der Waals surface area (Å²) >= 11 is 1.32. The van der Waals surface area contributed by atoms with Crippen molar-refractivity contribution in [2.24, 2.45) is 9.98 Å². The molecular weight excluding hydrogens is 418 g/mol. The molecule has 0 aromatic heterocycles. The molecule has 0 aliphatic carbocycles. The van der Waals surface area contributed by atoms with E-state index in [0.717, 1.165) is 59.9 Å². The first-order valence-electron chi connectivity index (χ1n) is 10.2. The highest BCUT2D eigenvalue weighted by Gasteiger charge is 2.39. The van der Waals surface area contributed by atoms with E-state index in [1.165, 1.54) is 17.8 Å². The lowest BCUT2D eigenvalue weighted by Gasteiger charge is -2.33. The van der Waals surface area contributed by atoms with Crippen molar-refractivity contribution in [2.75, 3.05) is 31.2 Å². The number of anilines is 1. The van der Waals surface area contributed by atoms with E-state index in [4.69, 9.17) is 9.98 Å². The van der Waals surface area contributed by atoms with Gasteiger partial charge in [0.05, 0.1) is 11.5 Å². The molecule has 1 saturated heterocycles. The lowest BCUT2D eigenvalue weighted by Crippen LogP contribution is -2.39. The predicted octanol–water partition coefficient (Wildman–Crippen LogP) is 4.27. The van der Waals surface area contributed by atoms with Gasteiger partial charge in [0, 0.05) is 43.2 Å². The number of nitrogens with one attached hydrogen (secondary N) is 1. The fraction of sp³-hybridized carbons (Fsp3) is 0.348. The van der Waals surface area contributed by atoms with Crippen molar-refractivity contribution in [3.63, 3.8) is 0 Å². The zero-order valence-corrected chi connectivity index (χ0v) is 18.3. The van der Waals surface area contributed by atoms with Crippen molar-refractivity contribution < 1.29 is 13.6 Å². The normalized spacial score (nSPS) is 18.1. The minimum Gasteiger partial charge on any atom is -0.325 e. The lowest BCUT2D eigenvalue weighted by atomic mass is 9.99. The number of halogens is 2. The molecule has 1 N–H and O–H groups in total. The Morgan fingerprint density at radius 2 is 1.81 bits per heavy atom. The van der Waals surface area contributed by atoms with Crippen LogP contribution in [0, 0.1) is 18.6 Å². The molecule has 4 rings (SSSR count). The van der Waals surface area contributed by atoms with E-state index < -0.39 is 17.3 Å². The Balaban J connectivity index is 1.50. The van der Waals surface area contributed by atoms with E-state index >= 15 is 0 Å². The van der Waals surface area contributed by atoms with E-state index in [-0.39, 0.29) is 17.3 Å². The maximum Gasteiger partial charge on any atom is 0.234 e. The van der Waals surface area contributed by atoms with Gasteiger partial charge in [-0.1, -0.05) is 41.6 Å². The van der Waals surface area contributed by atoms with Gasteiger partial charge in [-0.15, -0.1) is 0 Å². The Hall–Kier alpha value is -2.58. The average Bonchev–Trinajstić information content (AvgIpc) is 3.10. The number of piperidine rings is 1. The Morgan fingerprint density at radius 1 is 1.10 bits per heavy atom. The highest BCUT2D eigenvalue weighted by Crippen LogP contribution is 2.35. The SMILES string of the molecule is Cc1ccc(C2=NC3(CCN(C)CC3)N=C2SCC(=O)Nc2ccc(F)c(F)c2)cc1. The minimum atomic E-state index is -0.997. The fourth-order valence-electron chi connectivity index (χ4n) is 3.63. The lowest BCUT2D eigenvalue weighted by molar-refractivity contribution is -0.113. The van der Waals surface area contributed by atoms with Crippen LogP contribution in [-0.4, -0.2) is 53.1 Å². The summed E-state index contributed by atoms with van der Waals surface area (Å²) in [5.74, 6) is -2.16. The highest BCUT2D eigenvalue weighted by atomic mass is 32.2. The summed E-state index contributed by atoms with van der Waals surface area (Å²) in [6.45, 7) is 3.87. The van der Waals surface area contributed by atoms with Crippen molar-refractivity contribution in [1.82, 2.24) is 4.90 Å². The summed E-state index contributed by atoms with van der Waals surface area (Å²) in [5, 5.41) is 3.35. The summed E-state index contributed by atoms with van der Waals surface area (Å²) in [7, 11) is 2.09. The van der Waals surface area contributed by atoms with Crippen LogP contribution in [0.3, 0.4) is 0 Å². The highest BCUT2D eigenvalue weighted by molar-refractivity contribution is 8.16. The maximum atomic E-state index is 13.4. The monoisotopic (exact) mass is 442 g/mol. The molecule has 2 heterocycles. The van der Waals surface area contributed by atoms with Gasteiger partial charge in [0.15, 0.2) is 17.3 Å². The molecular formula is C23H24F2N4OS. The third-order valence-corrected chi connectivity index (χ3v) is 6.45. The van der Waals surface area contributed by atoms with E-state index in [1.54, 1.807) is 0 Å². The molecule has 0 saturated carbocycles. The van der Waals surface area contributed by atoms with E-state index in [9.17, 15) is 13.6 Å². The van der Waals surface area contributed by atoms with Gasteiger partial charge in [-0.2, -0.15) is 0 Å². The molecule has 31 heavy (non-hydrogen) atoms. The third-order valence-electron chi connectivity index (χ3n) is 5.49. The molecule has 0 unspecified atom stereocenters. The van der Waals surface area contributed by atoms with Gasteiger partial charge in [0.1, 0.15) is 5.04 Å². The molecule has 1 fully saturated rings. The Morgan fingerprint density at radius 3 is 2.48 bits per heavy atom. The number of benzene rings is 2. The van der Waals surface area contributed by atoms with Crippen LogP contribution in [-0.2, 0) is 4.79 Å².